The Balaban J connectivity index is 2.14. The number of carbonyl (C=O) groups excluding carboxylic acids is 2. The van der Waals surface area contributed by atoms with Crippen molar-refractivity contribution in [3.8, 4) is 0 Å². The first-order chi connectivity index (χ1) is 12.9. The van der Waals surface area contributed by atoms with Crippen molar-refractivity contribution in [2.24, 2.45) is 4.99 Å². The van der Waals surface area contributed by atoms with Crippen LogP contribution in [0.1, 0.15) is 21.5 Å². The highest BCUT2D eigenvalue weighted by Gasteiger charge is 2.14. The Morgan fingerprint density at radius 2 is 1.89 bits per heavy atom. The maximum atomic E-state index is 12.7. The van der Waals surface area contributed by atoms with Crippen molar-refractivity contribution in [2.45, 2.75) is 25.3 Å². The third kappa shape index (κ3) is 4.14. The molecule has 7 heteroatoms. The number of aromatic nitrogens is 1. The first-order valence-electron chi connectivity index (χ1n) is 8.33. The van der Waals surface area contributed by atoms with Crippen molar-refractivity contribution in [2.75, 3.05) is 13.4 Å². The first kappa shape index (κ1) is 19.4. The van der Waals surface area contributed by atoms with Crippen LogP contribution >= 0.6 is 23.1 Å². The van der Waals surface area contributed by atoms with Crippen LogP contribution in [0, 0.1) is 13.8 Å². The molecular weight excluding hydrogens is 380 g/mol. The summed E-state index contributed by atoms with van der Waals surface area (Å²) >= 11 is 3.02. The largest absolute Gasteiger partial charge is 0.468 e. The third-order valence-electron chi connectivity index (χ3n) is 4.16. The molecule has 0 unspecified atom stereocenters. The summed E-state index contributed by atoms with van der Waals surface area (Å²) in [5, 5.41) is 0. The molecule has 1 aromatic heterocycles. The number of nitrogens with zero attached hydrogens (tertiary/aromatic N) is 2. The van der Waals surface area contributed by atoms with Crippen LogP contribution in [0.15, 0.2) is 46.3 Å². The Bertz CT molecular complexity index is 1080. The van der Waals surface area contributed by atoms with E-state index in [1.165, 1.54) is 18.4 Å². The fraction of sp³-hybridized carbons (Fsp3) is 0.250. The van der Waals surface area contributed by atoms with Crippen LogP contribution in [-0.2, 0) is 16.1 Å². The summed E-state index contributed by atoms with van der Waals surface area (Å²) in [5.74, 6) is -0.714. The molecule has 3 aromatic rings. The Hall–Kier alpha value is -2.38. The lowest BCUT2D eigenvalue weighted by atomic mass is 10.1. The van der Waals surface area contributed by atoms with Crippen LogP contribution in [0.2, 0.25) is 0 Å². The van der Waals surface area contributed by atoms with Crippen LogP contribution in [0.4, 0.5) is 0 Å². The lowest BCUT2D eigenvalue weighted by Crippen LogP contribution is -2.22. The Morgan fingerprint density at radius 3 is 2.52 bits per heavy atom. The smallest absolute Gasteiger partial charge is 0.325 e. The van der Waals surface area contributed by atoms with Gasteiger partial charge < -0.3 is 9.30 Å². The van der Waals surface area contributed by atoms with Crippen molar-refractivity contribution in [1.29, 1.82) is 0 Å². The minimum atomic E-state index is -0.382. The normalized spacial score (nSPS) is 11.8. The number of fused-ring (bicyclic) bond motifs is 1. The summed E-state index contributed by atoms with van der Waals surface area (Å²) in [6.45, 7) is 4.03. The number of methoxy groups -OCH3 is 1. The van der Waals surface area contributed by atoms with Gasteiger partial charge in [-0.1, -0.05) is 17.4 Å². The van der Waals surface area contributed by atoms with E-state index in [1.54, 1.807) is 28.5 Å². The molecule has 0 saturated heterocycles. The number of hydrogen-bond donors (Lipinski definition) is 0. The van der Waals surface area contributed by atoms with Gasteiger partial charge in [0, 0.05) is 10.5 Å². The molecule has 0 saturated carbocycles. The topological polar surface area (TPSA) is 60.7 Å². The van der Waals surface area contributed by atoms with Crippen molar-refractivity contribution in [1.82, 2.24) is 4.57 Å². The van der Waals surface area contributed by atoms with Gasteiger partial charge in [0.25, 0.3) is 5.91 Å². The van der Waals surface area contributed by atoms with Gasteiger partial charge in [-0.05, 0) is 61.6 Å². The van der Waals surface area contributed by atoms with Gasteiger partial charge in [-0.2, -0.15) is 4.99 Å². The van der Waals surface area contributed by atoms with Gasteiger partial charge in [0.1, 0.15) is 6.54 Å². The van der Waals surface area contributed by atoms with Gasteiger partial charge in [0.2, 0.25) is 0 Å². The predicted molar refractivity (Wildman–Crippen MR) is 109 cm³/mol. The number of esters is 1. The minimum absolute atomic E-state index is 0.0108. The Kier molecular flexibility index (Phi) is 5.82. The highest BCUT2D eigenvalue weighted by atomic mass is 32.2. The lowest BCUT2D eigenvalue weighted by Gasteiger charge is -2.05. The SMILES string of the molecule is COC(=O)Cn1c(=NC(=O)c2ccc(SC)cc2)sc2c(C)cc(C)cc21. The van der Waals surface area contributed by atoms with Crippen LogP contribution in [0.25, 0.3) is 10.2 Å². The summed E-state index contributed by atoms with van der Waals surface area (Å²) in [7, 11) is 1.35. The van der Waals surface area contributed by atoms with E-state index in [1.807, 2.05) is 38.3 Å². The molecule has 3 rings (SSSR count). The van der Waals surface area contributed by atoms with Crippen molar-refractivity contribution >= 4 is 45.2 Å². The van der Waals surface area contributed by atoms with Crippen LogP contribution in [0.5, 0.6) is 0 Å². The number of amides is 1. The van der Waals surface area contributed by atoms with Crippen molar-refractivity contribution < 1.29 is 14.3 Å². The molecule has 27 heavy (non-hydrogen) atoms. The molecule has 0 bridgehead atoms. The predicted octanol–water partition coefficient (Wildman–Crippen LogP) is 3.96. The molecule has 0 atom stereocenters. The summed E-state index contributed by atoms with van der Waals surface area (Å²) in [6, 6.07) is 11.4. The van der Waals surface area contributed by atoms with E-state index in [2.05, 4.69) is 11.1 Å². The highest BCUT2D eigenvalue weighted by Crippen LogP contribution is 2.23. The zero-order valence-electron chi connectivity index (χ0n) is 15.6. The van der Waals surface area contributed by atoms with Crippen LogP contribution in [0.3, 0.4) is 0 Å². The molecule has 0 aliphatic rings. The maximum Gasteiger partial charge on any atom is 0.325 e. The highest BCUT2D eigenvalue weighted by molar-refractivity contribution is 7.98. The third-order valence-corrected chi connectivity index (χ3v) is 6.14. The second-order valence-electron chi connectivity index (χ2n) is 6.12. The molecule has 0 fully saturated rings. The van der Waals surface area contributed by atoms with Crippen LogP contribution < -0.4 is 4.80 Å². The molecular formula is C20H20N2O3S2. The second kappa shape index (κ2) is 8.10. The Labute approximate surface area is 165 Å². The van der Waals surface area contributed by atoms with Gasteiger partial charge in [-0.15, -0.1) is 11.8 Å². The van der Waals surface area contributed by atoms with Crippen molar-refractivity contribution in [3.63, 3.8) is 0 Å². The van der Waals surface area contributed by atoms with Crippen LogP contribution in [-0.4, -0.2) is 29.8 Å². The van der Waals surface area contributed by atoms with E-state index >= 15 is 0 Å². The number of benzene rings is 2. The molecule has 140 valence electrons. The van der Waals surface area contributed by atoms with Crippen molar-refractivity contribution in [3.05, 3.63) is 57.9 Å². The molecule has 2 aromatic carbocycles. The minimum Gasteiger partial charge on any atom is -0.468 e. The van der Waals surface area contributed by atoms with Gasteiger partial charge in [0.05, 0.1) is 17.3 Å². The molecule has 0 N–H and O–H groups in total. The molecule has 0 aliphatic heterocycles. The quantitative estimate of drug-likeness (QED) is 0.491. The Morgan fingerprint density at radius 1 is 1.19 bits per heavy atom. The van der Waals surface area contributed by atoms with Gasteiger partial charge in [-0.3, -0.25) is 9.59 Å². The summed E-state index contributed by atoms with van der Waals surface area (Å²) in [6.07, 6.45) is 1.98. The van der Waals surface area contributed by atoms with E-state index in [4.69, 9.17) is 4.74 Å². The average Bonchev–Trinajstić information content (AvgIpc) is 2.99. The number of aryl methyl sites for hydroxylation is 2. The zero-order chi connectivity index (χ0) is 19.6. The fourth-order valence-electron chi connectivity index (χ4n) is 2.83. The van der Waals surface area contributed by atoms with E-state index in [0.717, 1.165) is 26.2 Å². The fourth-order valence-corrected chi connectivity index (χ4v) is 4.32. The summed E-state index contributed by atoms with van der Waals surface area (Å²) in [5.41, 5.74) is 3.57. The molecule has 0 aliphatic carbocycles. The second-order valence-corrected chi connectivity index (χ2v) is 7.98. The number of thiazole rings is 1. The first-order valence-corrected chi connectivity index (χ1v) is 10.4. The monoisotopic (exact) mass is 400 g/mol. The zero-order valence-corrected chi connectivity index (χ0v) is 17.2. The lowest BCUT2D eigenvalue weighted by molar-refractivity contribution is -0.141. The number of carbonyl (C=O) groups is 2. The van der Waals surface area contributed by atoms with E-state index in [9.17, 15) is 9.59 Å². The van der Waals surface area contributed by atoms with Gasteiger partial charge in [-0.25, -0.2) is 0 Å². The van der Waals surface area contributed by atoms with Gasteiger partial charge >= 0.3 is 5.97 Å². The number of ether oxygens (including phenoxy) is 1. The number of hydrogen-bond acceptors (Lipinski definition) is 5. The standard InChI is InChI=1S/C20H20N2O3S2/c1-12-9-13(2)18-16(10-12)22(11-17(23)25-3)20(27-18)21-19(24)14-5-7-15(26-4)8-6-14/h5-10H,11H2,1-4H3. The maximum absolute atomic E-state index is 12.7. The average molecular weight is 401 g/mol. The van der Waals surface area contributed by atoms with E-state index in [-0.39, 0.29) is 18.4 Å². The summed E-state index contributed by atoms with van der Waals surface area (Å²) < 4.78 is 7.58. The van der Waals surface area contributed by atoms with E-state index < -0.39 is 0 Å². The van der Waals surface area contributed by atoms with Gasteiger partial charge in [0.15, 0.2) is 4.80 Å². The number of thioether (sulfide) groups is 1. The molecule has 0 spiro atoms. The molecule has 1 amide bonds. The van der Waals surface area contributed by atoms with E-state index in [0.29, 0.717) is 10.4 Å². The molecule has 5 nitrogen and oxygen atoms in total. The number of rotatable bonds is 4. The molecule has 0 radical (unpaired) electrons. The summed E-state index contributed by atoms with van der Waals surface area (Å²) in [4.78, 5) is 30.4. The molecule has 1 heterocycles.